The van der Waals surface area contributed by atoms with E-state index in [9.17, 15) is 4.39 Å². The minimum Gasteiger partial charge on any atom is -0.317 e. The van der Waals surface area contributed by atoms with Crippen LogP contribution in [0.4, 0.5) is 4.39 Å². The van der Waals surface area contributed by atoms with Gasteiger partial charge in [0.25, 0.3) is 0 Å². The van der Waals surface area contributed by atoms with Crippen molar-refractivity contribution in [2.75, 3.05) is 7.05 Å². The molecule has 82 valence electrons. The smallest absolute Gasteiger partial charge is 0.141 e. The van der Waals surface area contributed by atoms with Crippen LogP contribution in [-0.4, -0.2) is 18.1 Å². The Labute approximate surface area is 89.9 Å². The SMILES string of the molecule is CNC1CCC(c2cncc(F)c2)C1C. The zero-order chi connectivity index (χ0) is 10.8. The molecule has 2 nitrogen and oxygen atoms in total. The van der Waals surface area contributed by atoms with Crippen molar-refractivity contribution in [2.24, 2.45) is 5.92 Å². The van der Waals surface area contributed by atoms with Gasteiger partial charge in [0.05, 0.1) is 6.20 Å². The summed E-state index contributed by atoms with van der Waals surface area (Å²) in [4.78, 5) is 3.92. The summed E-state index contributed by atoms with van der Waals surface area (Å²) in [6.07, 6.45) is 5.34. The molecule has 1 aliphatic rings. The second kappa shape index (κ2) is 4.27. The highest BCUT2D eigenvalue weighted by atomic mass is 19.1. The fourth-order valence-corrected chi connectivity index (χ4v) is 2.67. The summed E-state index contributed by atoms with van der Waals surface area (Å²) in [7, 11) is 1.99. The quantitative estimate of drug-likeness (QED) is 0.806. The molecule has 3 heteroatoms. The molecule has 0 aromatic carbocycles. The van der Waals surface area contributed by atoms with Gasteiger partial charge in [0.15, 0.2) is 0 Å². The van der Waals surface area contributed by atoms with Crippen molar-refractivity contribution >= 4 is 0 Å². The minimum absolute atomic E-state index is 0.229. The number of aromatic nitrogens is 1. The summed E-state index contributed by atoms with van der Waals surface area (Å²) < 4.78 is 13.0. The molecule has 0 spiro atoms. The molecule has 1 aromatic rings. The molecule has 15 heavy (non-hydrogen) atoms. The van der Waals surface area contributed by atoms with Crippen LogP contribution in [0.1, 0.15) is 31.2 Å². The lowest BCUT2D eigenvalue weighted by atomic mass is 9.90. The molecule has 0 radical (unpaired) electrons. The maximum atomic E-state index is 13.0. The maximum Gasteiger partial charge on any atom is 0.141 e. The van der Waals surface area contributed by atoms with Crippen molar-refractivity contribution in [1.82, 2.24) is 10.3 Å². The minimum atomic E-state index is -0.229. The van der Waals surface area contributed by atoms with E-state index >= 15 is 0 Å². The summed E-state index contributed by atoms with van der Waals surface area (Å²) >= 11 is 0. The summed E-state index contributed by atoms with van der Waals surface area (Å²) in [5.74, 6) is 0.775. The normalized spacial score (nSPS) is 30.7. The van der Waals surface area contributed by atoms with Gasteiger partial charge in [-0.25, -0.2) is 4.39 Å². The van der Waals surface area contributed by atoms with Crippen LogP contribution in [0.2, 0.25) is 0 Å². The topological polar surface area (TPSA) is 24.9 Å². The Balaban J connectivity index is 2.18. The van der Waals surface area contributed by atoms with Gasteiger partial charge in [0.1, 0.15) is 5.82 Å². The van der Waals surface area contributed by atoms with Crippen molar-refractivity contribution in [3.8, 4) is 0 Å². The van der Waals surface area contributed by atoms with E-state index in [0.29, 0.717) is 17.9 Å². The molecule has 2 rings (SSSR count). The van der Waals surface area contributed by atoms with Crippen molar-refractivity contribution in [1.29, 1.82) is 0 Å². The molecule has 0 bridgehead atoms. The standard InChI is InChI=1S/C12H17FN2/c1-8-11(3-4-12(8)14-2)9-5-10(13)7-15-6-9/h5-8,11-12,14H,3-4H2,1-2H3. The molecule has 3 unspecified atom stereocenters. The van der Waals surface area contributed by atoms with Crippen molar-refractivity contribution in [2.45, 2.75) is 31.7 Å². The average Bonchev–Trinajstić information content (AvgIpc) is 2.59. The van der Waals surface area contributed by atoms with Crippen LogP contribution in [0.3, 0.4) is 0 Å². The number of halogens is 1. The molecule has 1 fully saturated rings. The van der Waals surface area contributed by atoms with Crippen LogP contribution in [0.5, 0.6) is 0 Å². The van der Waals surface area contributed by atoms with Gasteiger partial charge in [-0.3, -0.25) is 4.98 Å². The number of hydrogen-bond acceptors (Lipinski definition) is 2. The Hall–Kier alpha value is -0.960. The van der Waals surface area contributed by atoms with Crippen LogP contribution in [-0.2, 0) is 0 Å². The van der Waals surface area contributed by atoms with Crippen molar-refractivity contribution in [3.05, 3.63) is 29.8 Å². The molecular weight excluding hydrogens is 191 g/mol. The Morgan fingerprint density at radius 2 is 2.20 bits per heavy atom. The summed E-state index contributed by atoms with van der Waals surface area (Å²) in [5, 5.41) is 3.31. The van der Waals surface area contributed by atoms with Gasteiger partial charge >= 0.3 is 0 Å². The number of rotatable bonds is 2. The van der Waals surface area contributed by atoms with E-state index in [4.69, 9.17) is 0 Å². The number of nitrogens with zero attached hydrogens (tertiary/aromatic N) is 1. The zero-order valence-corrected chi connectivity index (χ0v) is 9.20. The first-order chi connectivity index (χ1) is 7.22. The lowest BCUT2D eigenvalue weighted by molar-refractivity contribution is 0.427. The summed E-state index contributed by atoms with van der Waals surface area (Å²) in [6, 6.07) is 2.17. The fraction of sp³-hybridized carbons (Fsp3) is 0.583. The van der Waals surface area contributed by atoms with Gasteiger partial charge in [0.2, 0.25) is 0 Å². The molecule has 1 saturated carbocycles. The fourth-order valence-electron chi connectivity index (χ4n) is 2.67. The van der Waals surface area contributed by atoms with Gasteiger partial charge in [-0.1, -0.05) is 6.92 Å². The van der Waals surface area contributed by atoms with Crippen molar-refractivity contribution in [3.63, 3.8) is 0 Å². The third-order valence-corrected chi connectivity index (χ3v) is 3.58. The van der Waals surface area contributed by atoms with Crippen LogP contribution in [0, 0.1) is 11.7 Å². The molecule has 1 N–H and O–H groups in total. The van der Waals surface area contributed by atoms with Gasteiger partial charge in [-0.2, -0.15) is 0 Å². The highest BCUT2D eigenvalue weighted by Crippen LogP contribution is 2.39. The van der Waals surface area contributed by atoms with Crippen LogP contribution in [0.15, 0.2) is 18.5 Å². The van der Waals surface area contributed by atoms with Gasteiger partial charge in [-0.05, 0) is 43.4 Å². The first-order valence-corrected chi connectivity index (χ1v) is 5.50. The van der Waals surface area contributed by atoms with E-state index in [1.54, 1.807) is 12.3 Å². The third kappa shape index (κ3) is 2.02. The maximum absolute atomic E-state index is 13.0. The van der Waals surface area contributed by atoms with Gasteiger partial charge in [0, 0.05) is 12.2 Å². The average molecular weight is 208 g/mol. The Morgan fingerprint density at radius 3 is 2.80 bits per heavy atom. The molecular formula is C12H17FN2. The molecule has 1 aromatic heterocycles. The van der Waals surface area contributed by atoms with Crippen LogP contribution in [0.25, 0.3) is 0 Å². The molecule has 0 aliphatic heterocycles. The number of nitrogens with one attached hydrogen (secondary N) is 1. The van der Waals surface area contributed by atoms with E-state index in [-0.39, 0.29) is 5.82 Å². The van der Waals surface area contributed by atoms with Gasteiger partial charge < -0.3 is 5.32 Å². The summed E-state index contributed by atoms with van der Waals surface area (Å²) in [6.45, 7) is 2.23. The van der Waals surface area contributed by atoms with E-state index in [1.807, 2.05) is 7.05 Å². The second-order valence-electron chi connectivity index (χ2n) is 4.37. The molecule has 0 saturated heterocycles. The number of pyridine rings is 1. The van der Waals surface area contributed by atoms with E-state index in [1.165, 1.54) is 12.6 Å². The lowest BCUT2D eigenvalue weighted by Crippen LogP contribution is -2.28. The first kappa shape index (κ1) is 10.6. The second-order valence-corrected chi connectivity index (χ2v) is 4.37. The molecule has 1 heterocycles. The molecule has 1 aliphatic carbocycles. The van der Waals surface area contributed by atoms with E-state index in [2.05, 4.69) is 17.2 Å². The first-order valence-electron chi connectivity index (χ1n) is 5.50. The van der Waals surface area contributed by atoms with Crippen LogP contribution >= 0.6 is 0 Å². The number of hydrogen-bond donors (Lipinski definition) is 1. The third-order valence-electron chi connectivity index (χ3n) is 3.58. The van der Waals surface area contributed by atoms with Crippen molar-refractivity contribution < 1.29 is 4.39 Å². The zero-order valence-electron chi connectivity index (χ0n) is 9.20. The van der Waals surface area contributed by atoms with Crippen LogP contribution < -0.4 is 5.32 Å². The Morgan fingerprint density at radius 1 is 1.40 bits per heavy atom. The lowest BCUT2D eigenvalue weighted by Gasteiger charge is -2.20. The van der Waals surface area contributed by atoms with E-state index < -0.39 is 0 Å². The highest BCUT2D eigenvalue weighted by molar-refractivity contribution is 5.19. The van der Waals surface area contributed by atoms with E-state index in [0.717, 1.165) is 12.0 Å². The highest BCUT2D eigenvalue weighted by Gasteiger charge is 2.32. The summed E-state index contributed by atoms with van der Waals surface area (Å²) in [5.41, 5.74) is 1.04. The predicted octanol–water partition coefficient (Wildman–Crippen LogP) is 2.32. The van der Waals surface area contributed by atoms with Gasteiger partial charge in [-0.15, -0.1) is 0 Å². The Bertz CT molecular complexity index is 340. The molecule has 0 amide bonds. The Kier molecular flexibility index (Phi) is 3.00. The molecule has 3 atom stereocenters. The largest absolute Gasteiger partial charge is 0.317 e. The monoisotopic (exact) mass is 208 g/mol. The predicted molar refractivity (Wildman–Crippen MR) is 58.2 cm³/mol.